The average Bonchev–Trinajstić information content (AvgIpc) is 2.77. The molecule has 2 aromatic rings. The van der Waals surface area contributed by atoms with Crippen LogP contribution in [-0.2, 0) is 32.1 Å². The summed E-state index contributed by atoms with van der Waals surface area (Å²) < 4.78 is 10.8. The molecule has 0 fully saturated rings. The zero-order valence-corrected chi connectivity index (χ0v) is 21.0. The van der Waals surface area contributed by atoms with Crippen molar-refractivity contribution in [3.05, 3.63) is 65.7 Å². The molecule has 0 aliphatic heterocycles. The van der Waals surface area contributed by atoms with Crippen molar-refractivity contribution in [1.82, 2.24) is 10.6 Å². The van der Waals surface area contributed by atoms with Crippen LogP contribution in [0.3, 0.4) is 0 Å². The first-order valence-corrected chi connectivity index (χ1v) is 11.7. The van der Waals surface area contributed by atoms with E-state index in [1.165, 1.54) is 12.1 Å². The first kappa shape index (κ1) is 27.7. The number of rotatable bonds is 10. The molecule has 0 saturated heterocycles. The molecule has 3 N–H and O–H groups in total. The highest BCUT2D eigenvalue weighted by Gasteiger charge is 2.31. The van der Waals surface area contributed by atoms with Crippen LogP contribution in [0.15, 0.2) is 54.6 Å². The molecule has 0 bridgehead atoms. The van der Waals surface area contributed by atoms with E-state index in [-0.39, 0.29) is 24.7 Å². The lowest BCUT2D eigenvalue weighted by molar-refractivity contribution is -0.158. The van der Waals surface area contributed by atoms with Gasteiger partial charge < -0.3 is 25.2 Å². The van der Waals surface area contributed by atoms with Gasteiger partial charge in [-0.3, -0.25) is 4.79 Å². The van der Waals surface area contributed by atoms with E-state index in [1.54, 1.807) is 32.9 Å². The number of aromatic hydroxyl groups is 1. The van der Waals surface area contributed by atoms with E-state index in [0.29, 0.717) is 6.42 Å². The summed E-state index contributed by atoms with van der Waals surface area (Å²) in [5.74, 6) is -0.905. The summed E-state index contributed by atoms with van der Waals surface area (Å²) in [5.41, 5.74) is 0.812. The third-order valence-electron chi connectivity index (χ3n) is 4.91. The molecule has 2 amide bonds. The summed E-state index contributed by atoms with van der Waals surface area (Å²) in [6.45, 7) is 9.17. The van der Waals surface area contributed by atoms with Gasteiger partial charge in [0.15, 0.2) is 0 Å². The number of phenolic OH excluding ortho intramolecular Hbond substituents is 1. The third-order valence-corrected chi connectivity index (χ3v) is 4.91. The number of amides is 2. The number of alkyl carbamates (subject to hydrolysis) is 1. The van der Waals surface area contributed by atoms with Crippen LogP contribution in [0.5, 0.6) is 5.75 Å². The number of hydrogen-bond acceptors (Lipinski definition) is 6. The number of esters is 1. The predicted octanol–water partition coefficient (Wildman–Crippen LogP) is 4.10. The van der Waals surface area contributed by atoms with Crippen molar-refractivity contribution in [2.75, 3.05) is 0 Å². The van der Waals surface area contributed by atoms with Gasteiger partial charge in [-0.25, -0.2) is 9.59 Å². The zero-order chi connectivity index (χ0) is 26.0. The van der Waals surface area contributed by atoms with Crippen LogP contribution in [0, 0.1) is 5.92 Å². The second-order valence-electron chi connectivity index (χ2n) is 9.85. The Bertz CT molecular complexity index is 967. The molecule has 35 heavy (non-hydrogen) atoms. The van der Waals surface area contributed by atoms with Crippen molar-refractivity contribution < 1.29 is 29.0 Å². The molecule has 2 atom stereocenters. The molecule has 0 unspecified atom stereocenters. The Hall–Kier alpha value is -3.55. The number of hydrogen-bond donors (Lipinski definition) is 3. The molecule has 2 rings (SSSR count). The van der Waals surface area contributed by atoms with Gasteiger partial charge in [0.25, 0.3) is 0 Å². The average molecular weight is 485 g/mol. The van der Waals surface area contributed by atoms with E-state index in [1.807, 2.05) is 44.2 Å². The molecule has 0 aromatic heterocycles. The molecule has 8 nitrogen and oxygen atoms in total. The summed E-state index contributed by atoms with van der Waals surface area (Å²) in [6.07, 6.45) is -0.206. The lowest BCUT2D eigenvalue weighted by atomic mass is 10.0. The maximum atomic E-state index is 13.2. The molecule has 190 valence electrons. The van der Waals surface area contributed by atoms with Crippen molar-refractivity contribution in [2.45, 2.75) is 71.8 Å². The van der Waals surface area contributed by atoms with E-state index in [2.05, 4.69) is 10.6 Å². The van der Waals surface area contributed by atoms with Gasteiger partial charge in [0.1, 0.15) is 30.0 Å². The summed E-state index contributed by atoms with van der Waals surface area (Å²) in [5, 5.41) is 14.9. The normalized spacial score (nSPS) is 13.0. The van der Waals surface area contributed by atoms with E-state index in [9.17, 15) is 19.5 Å². The Morgan fingerprint density at radius 3 is 2.09 bits per heavy atom. The van der Waals surface area contributed by atoms with Gasteiger partial charge in [0.2, 0.25) is 5.91 Å². The largest absolute Gasteiger partial charge is 0.508 e. The molecule has 0 aliphatic rings. The molecular formula is C27H36N2O6. The van der Waals surface area contributed by atoms with Gasteiger partial charge >= 0.3 is 12.1 Å². The Kier molecular flexibility index (Phi) is 10.1. The molecule has 0 aliphatic carbocycles. The molecule has 2 aromatic carbocycles. The van der Waals surface area contributed by atoms with Crippen LogP contribution >= 0.6 is 0 Å². The van der Waals surface area contributed by atoms with E-state index >= 15 is 0 Å². The van der Waals surface area contributed by atoms with Crippen LogP contribution in [0.2, 0.25) is 0 Å². The Balaban J connectivity index is 2.11. The van der Waals surface area contributed by atoms with E-state index < -0.39 is 35.7 Å². The quantitative estimate of drug-likeness (QED) is 0.438. The van der Waals surface area contributed by atoms with Crippen LogP contribution in [0.25, 0.3) is 0 Å². The Labute approximate surface area is 207 Å². The van der Waals surface area contributed by atoms with Crippen LogP contribution in [-0.4, -0.2) is 40.8 Å². The minimum Gasteiger partial charge on any atom is -0.508 e. The SMILES string of the molecule is CC(C)C[C@H](NC(=O)OCc1ccccc1)C(=O)N[C@@H](Cc1ccc(O)cc1)C(=O)OC(C)(C)C. The molecule has 0 spiro atoms. The maximum Gasteiger partial charge on any atom is 0.408 e. The molecule has 0 heterocycles. The minimum absolute atomic E-state index is 0.0735. The number of benzene rings is 2. The number of carbonyl (C=O) groups is 3. The van der Waals surface area contributed by atoms with E-state index in [4.69, 9.17) is 9.47 Å². The van der Waals surface area contributed by atoms with E-state index in [0.717, 1.165) is 11.1 Å². The molecule has 8 heteroatoms. The Morgan fingerprint density at radius 2 is 1.51 bits per heavy atom. The summed E-state index contributed by atoms with van der Waals surface area (Å²) in [6, 6.07) is 13.7. The molecule has 0 saturated carbocycles. The van der Waals surface area contributed by atoms with Gasteiger partial charge in [-0.05, 0) is 56.4 Å². The second-order valence-corrected chi connectivity index (χ2v) is 9.85. The number of nitrogens with one attached hydrogen (secondary N) is 2. The topological polar surface area (TPSA) is 114 Å². The van der Waals surface area contributed by atoms with Crippen molar-refractivity contribution in [3.8, 4) is 5.75 Å². The lowest BCUT2D eigenvalue weighted by Gasteiger charge is -2.27. The zero-order valence-electron chi connectivity index (χ0n) is 21.0. The van der Waals surface area contributed by atoms with Crippen molar-refractivity contribution in [3.63, 3.8) is 0 Å². The van der Waals surface area contributed by atoms with Gasteiger partial charge in [-0.2, -0.15) is 0 Å². The van der Waals surface area contributed by atoms with Crippen molar-refractivity contribution in [1.29, 1.82) is 0 Å². The highest BCUT2D eigenvalue weighted by molar-refractivity contribution is 5.89. The number of carbonyl (C=O) groups excluding carboxylic acids is 3. The third kappa shape index (κ3) is 10.5. The second kappa shape index (κ2) is 12.8. The fourth-order valence-electron chi connectivity index (χ4n) is 3.32. The van der Waals surface area contributed by atoms with Crippen molar-refractivity contribution >= 4 is 18.0 Å². The lowest BCUT2D eigenvalue weighted by Crippen LogP contribution is -2.53. The van der Waals surface area contributed by atoms with Gasteiger partial charge in [-0.1, -0.05) is 56.3 Å². The number of phenols is 1. The standard InChI is InChI=1S/C27H36N2O6/c1-18(2)15-22(29-26(33)34-17-20-9-7-6-8-10-20)24(31)28-23(25(32)35-27(3,4)5)16-19-11-13-21(30)14-12-19/h6-14,18,22-23,30H,15-17H2,1-5H3,(H,28,31)(H,29,33)/t22-,23-/m0/s1. The first-order valence-electron chi connectivity index (χ1n) is 11.7. The van der Waals surface area contributed by atoms with Crippen LogP contribution < -0.4 is 10.6 Å². The minimum atomic E-state index is -0.983. The number of ether oxygens (including phenoxy) is 2. The highest BCUT2D eigenvalue weighted by Crippen LogP contribution is 2.15. The summed E-state index contributed by atoms with van der Waals surface area (Å²) >= 11 is 0. The fraction of sp³-hybridized carbons (Fsp3) is 0.444. The first-order chi connectivity index (χ1) is 16.4. The summed E-state index contributed by atoms with van der Waals surface area (Å²) in [7, 11) is 0. The van der Waals surface area contributed by atoms with Gasteiger partial charge in [0, 0.05) is 6.42 Å². The molecular weight excluding hydrogens is 448 g/mol. The smallest absolute Gasteiger partial charge is 0.408 e. The molecule has 0 radical (unpaired) electrons. The van der Waals surface area contributed by atoms with Crippen molar-refractivity contribution in [2.24, 2.45) is 5.92 Å². The van der Waals surface area contributed by atoms with Crippen LogP contribution in [0.4, 0.5) is 4.79 Å². The maximum absolute atomic E-state index is 13.2. The van der Waals surface area contributed by atoms with Gasteiger partial charge in [-0.15, -0.1) is 0 Å². The predicted molar refractivity (Wildman–Crippen MR) is 133 cm³/mol. The summed E-state index contributed by atoms with van der Waals surface area (Å²) in [4.78, 5) is 38.5. The Morgan fingerprint density at radius 1 is 0.886 bits per heavy atom. The monoisotopic (exact) mass is 484 g/mol. The van der Waals surface area contributed by atoms with Gasteiger partial charge in [0.05, 0.1) is 0 Å². The highest BCUT2D eigenvalue weighted by atomic mass is 16.6. The van der Waals surface area contributed by atoms with Crippen LogP contribution in [0.1, 0.15) is 52.2 Å². The fourth-order valence-corrected chi connectivity index (χ4v) is 3.32.